The van der Waals surface area contributed by atoms with E-state index < -0.39 is 21.5 Å². The predicted molar refractivity (Wildman–Crippen MR) is 92.6 cm³/mol. The smallest absolute Gasteiger partial charge is 0.320 e. The summed E-state index contributed by atoms with van der Waals surface area (Å²) in [5, 5.41) is 0. The second-order valence-corrected chi connectivity index (χ2v) is 11.2. The normalized spacial score (nSPS) is 26.9. The van der Waals surface area contributed by atoms with Crippen molar-refractivity contribution in [1.29, 1.82) is 0 Å². The third-order valence-electron chi connectivity index (χ3n) is 6.51. The fourth-order valence-corrected chi connectivity index (χ4v) is 7.65. The molecule has 1 saturated carbocycles. The van der Waals surface area contributed by atoms with Gasteiger partial charge in [0.1, 0.15) is 11.6 Å². The number of carbonyl (C=O) groups is 1. The van der Waals surface area contributed by atoms with Gasteiger partial charge in [0, 0.05) is 43.1 Å². The second-order valence-electron chi connectivity index (χ2n) is 9.09. The fourth-order valence-electron chi connectivity index (χ4n) is 5.50. The Bertz CT molecular complexity index is 902. The van der Waals surface area contributed by atoms with E-state index in [0.29, 0.717) is 44.2 Å². The number of hydrogen-bond donors (Lipinski definition) is 0. The third-order valence-corrected chi connectivity index (χ3v) is 8.61. The average Bonchev–Trinajstić information content (AvgIpc) is 2.44. The van der Waals surface area contributed by atoms with Crippen molar-refractivity contribution in [3.63, 3.8) is 0 Å². The summed E-state index contributed by atoms with van der Waals surface area (Å²) in [6, 6.07) is 0.874. The van der Waals surface area contributed by atoms with Gasteiger partial charge in [-0.15, -0.1) is 0 Å². The maximum absolute atomic E-state index is 13.7. The van der Waals surface area contributed by atoms with Crippen LogP contribution in [0, 0.1) is 28.4 Å². The van der Waals surface area contributed by atoms with Crippen LogP contribution in [0.2, 0.25) is 0 Å². The van der Waals surface area contributed by atoms with Gasteiger partial charge in [-0.25, -0.2) is 22.0 Å². The van der Waals surface area contributed by atoms with E-state index in [1.54, 1.807) is 4.90 Å². The molecule has 0 N–H and O–H groups in total. The summed E-state index contributed by atoms with van der Waals surface area (Å²) in [6.07, 6.45) is 3.41. The van der Waals surface area contributed by atoms with Crippen molar-refractivity contribution in [2.45, 2.75) is 19.3 Å². The minimum absolute atomic E-state index is 0.00486. The van der Waals surface area contributed by atoms with E-state index in [2.05, 4.69) is 4.98 Å². The summed E-state index contributed by atoms with van der Waals surface area (Å²) in [6.45, 7) is 2.52. The lowest BCUT2D eigenvalue weighted by Gasteiger charge is -2.62. The Morgan fingerprint density at radius 1 is 1.11 bits per heavy atom. The predicted octanol–water partition coefficient (Wildman–Crippen LogP) is 1.46. The van der Waals surface area contributed by atoms with E-state index in [-0.39, 0.29) is 28.4 Å². The molecule has 0 aromatic carbocycles. The van der Waals surface area contributed by atoms with Crippen LogP contribution in [0.1, 0.15) is 18.5 Å². The molecule has 1 aliphatic carbocycles. The van der Waals surface area contributed by atoms with Gasteiger partial charge in [-0.1, -0.05) is 0 Å². The Morgan fingerprint density at radius 2 is 1.70 bits per heavy atom. The first-order chi connectivity index (χ1) is 12.7. The molecule has 1 aromatic heterocycles. The van der Waals surface area contributed by atoms with Crippen LogP contribution in [0.15, 0.2) is 12.3 Å². The number of rotatable bonds is 2. The molecule has 3 saturated heterocycles. The number of carbonyl (C=O) groups excluding carboxylic acids is 1. The van der Waals surface area contributed by atoms with E-state index in [0.717, 1.165) is 25.1 Å². The van der Waals surface area contributed by atoms with Crippen LogP contribution >= 0.6 is 0 Å². The van der Waals surface area contributed by atoms with E-state index in [1.165, 1.54) is 0 Å². The molecular formula is C18H21F2N3O3S. The largest absolute Gasteiger partial charge is 0.323 e. The molecule has 146 valence electrons. The van der Waals surface area contributed by atoms with Crippen molar-refractivity contribution >= 4 is 15.9 Å². The molecular weight excluding hydrogens is 376 g/mol. The number of likely N-dealkylation sites (tertiary alicyclic amines) is 2. The van der Waals surface area contributed by atoms with Crippen molar-refractivity contribution in [2.75, 3.05) is 37.7 Å². The maximum Gasteiger partial charge on any atom is 0.320 e. The van der Waals surface area contributed by atoms with E-state index in [4.69, 9.17) is 0 Å². The zero-order chi connectivity index (χ0) is 19.0. The number of halogens is 2. The van der Waals surface area contributed by atoms with Gasteiger partial charge in [0.15, 0.2) is 9.84 Å². The van der Waals surface area contributed by atoms with Gasteiger partial charge in [-0.2, -0.15) is 0 Å². The molecule has 0 unspecified atom stereocenters. The van der Waals surface area contributed by atoms with Gasteiger partial charge in [-0.05, 0) is 25.2 Å². The fraction of sp³-hybridized carbons (Fsp3) is 0.667. The number of sulfone groups is 1. The van der Waals surface area contributed by atoms with Crippen LogP contribution in [-0.2, 0) is 16.3 Å². The molecule has 0 bridgehead atoms. The SMILES string of the molecule is O=C(N1CC2(CC(Cc3ncc(F)cc3F)C2)C1)N1CC2(C1)CS(=O)(=O)C2. The summed E-state index contributed by atoms with van der Waals surface area (Å²) >= 11 is 0. The molecule has 2 spiro atoms. The molecule has 3 aliphatic heterocycles. The van der Waals surface area contributed by atoms with Crippen molar-refractivity contribution in [3.05, 3.63) is 29.6 Å². The minimum Gasteiger partial charge on any atom is -0.323 e. The summed E-state index contributed by atoms with van der Waals surface area (Å²) in [4.78, 5) is 19.9. The van der Waals surface area contributed by atoms with Gasteiger partial charge in [0.25, 0.3) is 0 Å². The third kappa shape index (κ3) is 2.81. The van der Waals surface area contributed by atoms with Crippen LogP contribution in [-0.4, -0.2) is 66.9 Å². The van der Waals surface area contributed by atoms with Crippen molar-refractivity contribution in [1.82, 2.24) is 14.8 Å². The molecule has 27 heavy (non-hydrogen) atoms. The second kappa shape index (κ2) is 5.40. The van der Waals surface area contributed by atoms with Crippen LogP contribution < -0.4 is 0 Å². The van der Waals surface area contributed by atoms with Crippen LogP contribution in [0.3, 0.4) is 0 Å². The van der Waals surface area contributed by atoms with Crippen LogP contribution in [0.5, 0.6) is 0 Å². The number of hydrogen-bond acceptors (Lipinski definition) is 4. The molecule has 0 atom stereocenters. The zero-order valence-corrected chi connectivity index (χ0v) is 15.6. The summed E-state index contributed by atoms with van der Waals surface area (Å²) in [5.74, 6) is -0.512. The number of amides is 2. The molecule has 4 fully saturated rings. The van der Waals surface area contributed by atoms with E-state index >= 15 is 0 Å². The Kier molecular flexibility index (Phi) is 3.46. The molecule has 1 aromatic rings. The lowest BCUT2D eigenvalue weighted by Crippen LogP contribution is -2.73. The van der Waals surface area contributed by atoms with Gasteiger partial charge >= 0.3 is 6.03 Å². The molecule has 5 rings (SSSR count). The lowest BCUT2D eigenvalue weighted by atomic mass is 9.57. The summed E-state index contributed by atoms with van der Waals surface area (Å²) in [5.41, 5.74) is 0.272. The van der Waals surface area contributed by atoms with Crippen LogP contribution in [0.4, 0.5) is 13.6 Å². The number of aromatic nitrogens is 1. The first-order valence-electron chi connectivity index (χ1n) is 9.21. The van der Waals surface area contributed by atoms with Crippen molar-refractivity contribution < 1.29 is 22.0 Å². The topological polar surface area (TPSA) is 70.6 Å². The van der Waals surface area contributed by atoms with Crippen molar-refractivity contribution in [3.8, 4) is 0 Å². The number of pyridine rings is 1. The molecule has 2 amide bonds. The average molecular weight is 397 g/mol. The van der Waals surface area contributed by atoms with Gasteiger partial charge in [0.2, 0.25) is 0 Å². The number of nitrogens with zero attached hydrogens (tertiary/aromatic N) is 3. The Morgan fingerprint density at radius 3 is 2.26 bits per heavy atom. The monoisotopic (exact) mass is 397 g/mol. The highest BCUT2D eigenvalue weighted by molar-refractivity contribution is 7.92. The van der Waals surface area contributed by atoms with E-state index in [9.17, 15) is 22.0 Å². The Hall–Kier alpha value is -1.77. The quantitative estimate of drug-likeness (QED) is 0.758. The molecule has 0 radical (unpaired) electrons. The Balaban J connectivity index is 1.08. The molecule has 9 heteroatoms. The highest BCUT2D eigenvalue weighted by atomic mass is 32.2. The summed E-state index contributed by atoms with van der Waals surface area (Å²) in [7, 11) is -2.87. The summed E-state index contributed by atoms with van der Waals surface area (Å²) < 4.78 is 49.3. The first-order valence-corrected chi connectivity index (χ1v) is 11.0. The molecule has 4 aliphatic rings. The van der Waals surface area contributed by atoms with Gasteiger partial charge in [0.05, 0.1) is 23.4 Å². The van der Waals surface area contributed by atoms with Gasteiger partial charge < -0.3 is 9.80 Å². The molecule has 6 nitrogen and oxygen atoms in total. The van der Waals surface area contributed by atoms with E-state index in [1.807, 2.05) is 4.90 Å². The minimum atomic E-state index is -2.87. The standard InChI is InChI=1S/C18H21F2N3O3S/c19-13-2-14(20)15(21-5-13)1-12-3-17(4-12)6-22(7-17)16(24)23-8-18(9-23)10-27(25,26)11-18/h2,5,12H,1,3-4,6-11H2. The lowest BCUT2D eigenvalue weighted by molar-refractivity contribution is -0.0852. The molecule has 4 heterocycles. The zero-order valence-electron chi connectivity index (χ0n) is 14.8. The van der Waals surface area contributed by atoms with Gasteiger partial charge in [-0.3, -0.25) is 4.98 Å². The highest BCUT2D eigenvalue weighted by Crippen LogP contribution is 2.53. The first kappa shape index (κ1) is 17.3. The maximum atomic E-state index is 13.7. The highest BCUT2D eigenvalue weighted by Gasteiger charge is 2.60. The van der Waals surface area contributed by atoms with Crippen molar-refractivity contribution in [2.24, 2.45) is 16.7 Å². The van der Waals surface area contributed by atoms with Crippen LogP contribution in [0.25, 0.3) is 0 Å². The number of urea groups is 1. The Labute approximate surface area is 156 Å².